The van der Waals surface area contributed by atoms with E-state index in [1.807, 2.05) is 0 Å². The Hall–Kier alpha value is -0.280. The van der Waals surface area contributed by atoms with Crippen LogP contribution in [0.25, 0.3) is 0 Å². The quantitative estimate of drug-likeness (QED) is 0.661. The molecule has 2 unspecified atom stereocenters. The first-order valence-electron chi connectivity index (χ1n) is 4.53. The molecule has 0 aliphatic heterocycles. The Morgan fingerprint density at radius 1 is 1.46 bits per heavy atom. The molecule has 13 heavy (non-hydrogen) atoms. The van der Waals surface area contributed by atoms with Gasteiger partial charge in [0.05, 0.1) is 7.11 Å². The number of carbonyl (C=O) groups excluding carboxylic acids is 1. The van der Waals surface area contributed by atoms with Crippen molar-refractivity contribution in [3.05, 3.63) is 0 Å². The summed E-state index contributed by atoms with van der Waals surface area (Å²) in [7, 11) is 1.38. The molecule has 4 heteroatoms. The summed E-state index contributed by atoms with van der Waals surface area (Å²) < 4.78 is 4.26. The van der Waals surface area contributed by atoms with Crippen LogP contribution in [0.2, 0.25) is 0 Å². The standard InChI is InChI=1S/C5H9N.C4H8O2.ClH/c6-5-3-1-2-4(3)5;1-3-4(5)6-2;/h3-5H,1-2,6H2;3H2,1-2H3;1H. The number of hydrogen-bond donors (Lipinski definition) is 1. The molecule has 2 saturated carbocycles. The molecular formula is C9H18ClNO2. The minimum Gasteiger partial charge on any atom is -0.469 e. The molecule has 2 rings (SSSR count). The molecule has 0 radical (unpaired) electrons. The summed E-state index contributed by atoms with van der Waals surface area (Å²) in [5.41, 5.74) is 5.57. The van der Waals surface area contributed by atoms with Gasteiger partial charge >= 0.3 is 5.97 Å². The van der Waals surface area contributed by atoms with Crippen molar-refractivity contribution in [2.45, 2.75) is 32.2 Å². The van der Waals surface area contributed by atoms with Crippen molar-refractivity contribution < 1.29 is 9.53 Å². The molecule has 2 aliphatic carbocycles. The normalized spacial score (nSPS) is 32.4. The molecule has 2 aliphatic rings. The number of carbonyl (C=O) groups is 1. The minimum atomic E-state index is -0.157. The average Bonchev–Trinajstić information content (AvgIpc) is 2.47. The van der Waals surface area contributed by atoms with Crippen molar-refractivity contribution >= 4 is 18.4 Å². The first-order valence-corrected chi connectivity index (χ1v) is 4.53. The maximum atomic E-state index is 9.96. The monoisotopic (exact) mass is 207 g/mol. The fourth-order valence-electron chi connectivity index (χ4n) is 1.56. The van der Waals surface area contributed by atoms with Gasteiger partial charge in [-0.2, -0.15) is 0 Å². The van der Waals surface area contributed by atoms with Crippen molar-refractivity contribution in [2.75, 3.05) is 7.11 Å². The molecule has 2 atom stereocenters. The Morgan fingerprint density at radius 2 is 1.92 bits per heavy atom. The van der Waals surface area contributed by atoms with Crippen molar-refractivity contribution in [1.29, 1.82) is 0 Å². The zero-order valence-corrected chi connectivity index (χ0v) is 8.97. The van der Waals surface area contributed by atoms with E-state index < -0.39 is 0 Å². The zero-order valence-electron chi connectivity index (χ0n) is 8.16. The molecule has 0 heterocycles. The van der Waals surface area contributed by atoms with Crippen molar-refractivity contribution in [2.24, 2.45) is 17.6 Å². The average molecular weight is 208 g/mol. The highest BCUT2D eigenvalue weighted by molar-refractivity contribution is 5.85. The summed E-state index contributed by atoms with van der Waals surface area (Å²) in [6.45, 7) is 1.76. The van der Waals surface area contributed by atoms with E-state index in [4.69, 9.17) is 5.73 Å². The number of esters is 1. The summed E-state index contributed by atoms with van der Waals surface area (Å²) in [5.74, 6) is 1.80. The van der Waals surface area contributed by atoms with E-state index in [0.717, 1.165) is 11.8 Å². The number of rotatable bonds is 1. The Balaban J connectivity index is 0.000000206. The third kappa shape index (κ3) is 3.16. The van der Waals surface area contributed by atoms with E-state index in [9.17, 15) is 4.79 Å². The molecule has 0 amide bonds. The SMILES string of the molecule is CCC(=O)OC.Cl.NC1C2CCC12. The highest BCUT2D eigenvalue weighted by atomic mass is 35.5. The number of nitrogens with two attached hydrogens (primary N) is 1. The van der Waals surface area contributed by atoms with Crippen molar-refractivity contribution in [3.63, 3.8) is 0 Å². The first kappa shape index (κ1) is 12.7. The van der Waals surface area contributed by atoms with Crippen LogP contribution >= 0.6 is 12.4 Å². The Bertz CT molecular complexity index is 152. The lowest BCUT2D eigenvalue weighted by Crippen LogP contribution is -1.99. The number of halogens is 1. The zero-order chi connectivity index (χ0) is 9.14. The van der Waals surface area contributed by atoms with Gasteiger partial charge in [-0.1, -0.05) is 6.92 Å². The van der Waals surface area contributed by atoms with E-state index in [1.54, 1.807) is 6.92 Å². The van der Waals surface area contributed by atoms with E-state index in [-0.39, 0.29) is 18.4 Å². The van der Waals surface area contributed by atoms with Crippen LogP contribution in [0.4, 0.5) is 0 Å². The summed E-state index contributed by atoms with van der Waals surface area (Å²) in [5, 5.41) is 0. The van der Waals surface area contributed by atoms with E-state index >= 15 is 0 Å². The van der Waals surface area contributed by atoms with Crippen LogP contribution in [0.3, 0.4) is 0 Å². The third-order valence-corrected chi connectivity index (χ3v) is 2.75. The Morgan fingerprint density at radius 3 is 1.92 bits per heavy atom. The molecule has 0 bridgehead atoms. The molecule has 2 N–H and O–H groups in total. The van der Waals surface area contributed by atoms with Crippen LogP contribution in [-0.4, -0.2) is 19.1 Å². The number of fused-ring (bicyclic) bond motifs is 1. The fourth-order valence-corrected chi connectivity index (χ4v) is 1.56. The highest BCUT2D eigenvalue weighted by Gasteiger charge is 2.53. The van der Waals surface area contributed by atoms with Gasteiger partial charge in [-0.05, 0) is 24.7 Å². The fraction of sp³-hybridized carbons (Fsp3) is 0.889. The molecule has 78 valence electrons. The van der Waals surface area contributed by atoms with Crippen LogP contribution in [0, 0.1) is 11.8 Å². The summed E-state index contributed by atoms with van der Waals surface area (Å²) in [6, 6.07) is 0.630. The van der Waals surface area contributed by atoms with Crippen LogP contribution in [0.1, 0.15) is 26.2 Å². The molecule has 0 aromatic rings. The lowest BCUT2D eigenvalue weighted by Gasteiger charge is -2.03. The van der Waals surface area contributed by atoms with Crippen LogP contribution in [-0.2, 0) is 9.53 Å². The van der Waals surface area contributed by atoms with Gasteiger partial charge in [0.15, 0.2) is 0 Å². The van der Waals surface area contributed by atoms with Gasteiger partial charge in [-0.15, -0.1) is 12.4 Å². The van der Waals surface area contributed by atoms with E-state index in [0.29, 0.717) is 12.5 Å². The predicted octanol–water partition coefficient (Wildman–Crippen LogP) is 1.34. The number of methoxy groups -OCH3 is 1. The van der Waals surface area contributed by atoms with E-state index in [1.165, 1.54) is 20.0 Å². The summed E-state index contributed by atoms with van der Waals surface area (Å²) in [6.07, 6.45) is 3.31. The summed E-state index contributed by atoms with van der Waals surface area (Å²) in [4.78, 5) is 9.96. The van der Waals surface area contributed by atoms with Crippen molar-refractivity contribution in [1.82, 2.24) is 0 Å². The van der Waals surface area contributed by atoms with Gasteiger partial charge in [0.2, 0.25) is 0 Å². The highest BCUT2D eigenvalue weighted by Crippen LogP contribution is 2.54. The second-order valence-electron chi connectivity index (χ2n) is 3.41. The Kier molecular flexibility index (Phi) is 5.33. The van der Waals surface area contributed by atoms with Crippen LogP contribution < -0.4 is 5.73 Å². The van der Waals surface area contributed by atoms with Gasteiger partial charge < -0.3 is 10.5 Å². The molecular weight excluding hydrogens is 190 g/mol. The minimum absolute atomic E-state index is 0. The molecule has 3 nitrogen and oxygen atoms in total. The maximum absolute atomic E-state index is 9.96. The van der Waals surface area contributed by atoms with Gasteiger partial charge in [-0.25, -0.2) is 0 Å². The molecule has 2 fully saturated rings. The van der Waals surface area contributed by atoms with Crippen LogP contribution in [0.5, 0.6) is 0 Å². The van der Waals surface area contributed by atoms with Gasteiger partial charge in [0.1, 0.15) is 0 Å². The van der Waals surface area contributed by atoms with Gasteiger partial charge in [0, 0.05) is 12.5 Å². The topological polar surface area (TPSA) is 52.3 Å². The Labute approximate surface area is 85.4 Å². The lowest BCUT2D eigenvalue weighted by atomic mass is 10.0. The number of ether oxygens (including phenoxy) is 1. The molecule has 0 spiro atoms. The molecule has 0 aromatic carbocycles. The smallest absolute Gasteiger partial charge is 0.305 e. The van der Waals surface area contributed by atoms with E-state index in [2.05, 4.69) is 4.74 Å². The maximum Gasteiger partial charge on any atom is 0.305 e. The van der Waals surface area contributed by atoms with Gasteiger partial charge in [-0.3, -0.25) is 4.79 Å². The first-order chi connectivity index (χ1) is 5.70. The van der Waals surface area contributed by atoms with Crippen LogP contribution in [0.15, 0.2) is 0 Å². The van der Waals surface area contributed by atoms with Gasteiger partial charge in [0.25, 0.3) is 0 Å². The number of hydrogen-bond acceptors (Lipinski definition) is 3. The predicted molar refractivity (Wildman–Crippen MR) is 53.7 cm³/mol. The third-order valence-electron chi connectivity index (χ3n) is 2.75. The molecule has 0 saturated heterocycles. The molecule has 0 aromatic heterocycles. The second-order valence-corrected chi connectivity index (χ2v) is 3.41. The second kappa shape index (κ2) is 5.45. The largest absolute Gasteiger partial charge is 0.469 e. The van der Waals surface area contributed by atoms with Crippen molar-refractivity contribution in [3.8, 4) is 0 Å². The summed E-state index contributed by atoms with van der Waals surface area (Å²) >= 11 is 0. The lowest BCUT2D eigenvalue weighted by molar-refractivity contribution is -0.140.